The van der Waals surface area contributed by atoms with Gasteiger partial charge in [-0.3, -0.25) is 10.1 Å². The third-order valence-electron chi connectivity index (χ3n) is 2.74. The minimum atomic E-state index is -0.551. The molecule has 0 spiro atoms. The van der Waals surface area contributed by atoms with Crippen LogP contribution in [0, 0.1) is 10.1 Å². The van der Waals surface area contributed by atoms with Gasteiger partial charge in [0.15, 0.2) is 0 Å². The van der Waals surface area contributed by atoms with Crippen LogP contribution in [0.1, 0.15) is 25.3 Å². The molecular formula is C14H13ClN2O3. The molecule has 2 rings (SSSR count). The molecule has 0 aliphatic heterocycles. The smallest absolute Gasteiger partial charge is 0.331 e. The normalized spacial score (nSPS) is 10.6. The second kappa shape index (κ2) is 5.88. The second-order valence-electron chi connectivity index (χ2n) is 4.54. The fourth-order valence-corrected chi connectivity index (χ4v) is 1.81. The van der Waals surface area contributed by atoms with E-state index in [2.05, 4.69) is 18.8 Å². The Morgan fingerprint density at radius 3 is 2.70 bits per heavy atom. The van der Waals surface area contributed by atoms with Crippen molar-refractivity contribution in [3.05, 3.63) is 57.2 Å². The lowest BCUT2D eigenvalue weighted by molar-refractivity contribution is -0.386. The highest BCUT2D eigenvalue weighted by molar-refractivity contribution is 6.29. The van der Waals surface area contributed by atoms with Gasteiger partial charge in [0.25, 0.3) is 0 Å². The van der Waals surface area contributed by atoms with Crippen molar-refractivity contribution in [2.75, 3.05) is 0 Å². The average molecular weight is 293 g/mol. The minimum absolute atomic E-state index is 0.108. The summed E-state index contributed by atoms with van der Waals surface area (Å²) in [5.74, 6) is 0.721. The highest BCUT2D eigenvalue weighted by Crippen LogP contribution is 2.31. The zero-order valence-electron chi connectivity index (χ0n) is 11.0. The van der Waals surface area contributed by atoms with E-state index < -0.39 is 4.92 Å². The number of hydrogen-bond acceptors (Lipinski definition) is 4. The van der Waals surface area contributed by atoms with Crippen LogP contribution in [0.3, 0.4) is 0 Å². The number of halogens is 1. The van der Waals surface area contributed by atoms with E-state index in [1.807, 2.05) is 18.2 Å². The first kappa shape index (κ1) is 14.3. The molecule has 2 aromatic rings. The van der Waals surface area contributed by atoms with Crippen LogP contribution < -0.4 is 4.74 Å². The van der Waals surface area contributed by atoms with Gasteiger partial charge in [0.2, 0.25) is 0 Å². The number of pyridine rings is 1. The number of rotatable bonds is 4. The zero-order valence-corrected chi connectivity index (χ0v) is 11.8. The van der Waals surface area contributed by atoms with Crippen LogP contribution in [0.5, 0.6) is 11.6 Å². The Hall–Kier alpha value is -2.14. The van der Waals surface area contributed by atoms with E-state index >= 15 is 0 Å². The van der Waals surface area contributed by atoms with Gasteiger partial charge >= 0.3 is 11.6 Å². The lowest BCUT2D eigenvalue weighted by Crippen LogP contribution is -1.97. The van der Waals surface area contributed by atoms with E-state index in [1.165, 1.54) is 12.1 Å². The summed E-state index contributed by atoms with van der Waals surface area (Å²) in [5.41, 5.74) is 0.858. The fraction of sp³-hybridized carbons (Fsp3) is 0.214. The molecule has 20 heavy (non-hydrogen) atoms. The topological polar surface area (TPSA) is 65.3 Å². The van der Waals surface area contributed by atoms with E-state index in [0.29, 0.717) is 11.7 Å². The SMILES string of the molecule is CC(C)c1cccc(Oc2nc(Cl)ccc2[N+](=O)[O-])c1. The summed E-state index contributed by atoms with van der Waals surface area (Å²) in [5, 5.41) is 11.1. The van der Waals surface area contributed by atoms with E-state index in [4.69, 9.17) is 16.3 Å². The average Bonchev–Trinajstić information content (AvgIpc) is 2.38. The molecule has 1 aromatic heterocycles. The number of benzene rings is 1. The molecule has 0 unspecified atom stereocenters. The molecule has 0 fully saturated rings. The molecule has 104 valence electrons. The van der Waals surface area contributed by atoms with Crippen LogP contribution in [0.25, 0.3) is 0 Å². The van der Waals surface area contributed by atoms with Gasteiger partial charge in [-0.25, -0.2) is 0 Å². The van der Waals surface area contributed by atoms with Crippen molar-refractivity contribution in [1.29, 1.82) is 0 Å². The Balaban J connectivity index is 2.36. The van der Waals surface area contributed by atoms with Crippen LogP contribution in [0.4, 0.5) is 5.69 Å². The predicted octanol–water partition coefficient (Wildman–Crippen LogP) is 4.56. The molecule has 5 nitrogen and oxygen atoms in total. The van der Waals surface area contributed by atoms with Gasteiger partial charge in [0.1, 0.15) is 10.9 Å². The number of nitro groups is 1. The van der Waals surface area contributed by atoms with E-state index in [0.717, 1.165) is 5.56 Å². The molecule has 0 radical (unpaired) electrons. The van der Waals surface area contributed by atoms with E-state index in [-0.39, 0.29) is 16.7 Å². The lowest BCUT2D eigenvalue weighted by atomic mass is 10.0. The molecule has 0 saturated heterocycles. The van der Waals surface area contributed by atoms with Crippen molar-refractivity contribution in [1.82, 2.24) is 4.98 Å². The Kier molecular flexibility index (Phi) is 4.20. The molecule has 0 aliphatic rings. The maximum absolute atomic E-state index is 10.9. The van der Waals surface area contributed by atoms with Crippen LogP contribution in [0.15, 0.2) is 36.4 Å². The number of aromatic nitrogens is 1. The van der Waals surface area contributed by atoms with E-state index in [9.17, 15) is 10.1 Å². The number of nitrogens with zero attached hydrogens (tertiary/aromatic N) is 2. The third-order valence-corrected chi connectivity index (χ3v) is 2.95. The molecule has 6 heteroatoms. The first-order valence-electron chi connectivity index (χ1n) is 6.06. The highest BCUT2D eigenvalue weighted by Gasteiger charge is 2.18. The Labute approximate surface area is 121 Å². The minimum Gasteiger partial charge on any atom is -0.434 e. The third kappa shape index (κ3) is 3.24. The predicted molar refractivity (Wildman–Crippen MR) is 76.5 cm³/mol. The lowest BCUT2D eigenvalue weighted by Gasteiger charge is -2.09. The summed E-state index contributed by atoms with van der Waals surface area (Å²) < 4.78 is 5.51. The zero-order chi connectivity index (χ0) is 14.7. The number of hydrogen-bond donors (Lipinski definition) is 0. The second-order valence-corrected chi connectivity index (χ2v) is 4.93. The first-order valence-corrected chi connectivity index (χ1v) is 6.44. The summed E-state index contributed by atoms with van der Waals surface area (Å²) in [6, 6.07) is 9.99. The maximum atomic E-state index is 10.9. The molecule has 0 bridgehead atoms. The molecule has 0 N–H and O–H groups in total. The van der Waals surface area contributed by atoms with Crippen molar-refractivity contribution in [3.63, 3.8) is 0 Å². The van der Waals surface area contributed by atoms with Gasteiger partial charge in [-0.05, 0) is 29.7 Å². The molecule has 0 atom stereocenters. The maximum Gasteiger partial charge on any atom is 0.331 e. The quantitative estimate of drug-likeness (QED) is 0.471. The summed E-state index contributed by atoms with van der Waals surface area (Å²) >= 11 is 5.76. The highest BCUT2D eigenvalue weighted by atomic mass is 35.5. The van der Waals surface area contributed by atoms with Gasteiger partial charge in [0.05, 0.1) is 4.92 Å². The van der Waals surface area contributed by atoms with Crippen molar-refractivity contribution >= 4 is 17.3 Å². The van der Waals surface area contributed by atoms with Crippen molar-refractivity contribution in [3.8, 4) is 11.6 Å². The van der Waals surface area contributed by atoms with Crippen molar-refractivity contribution < 1.29 is 9.66 Å². The molecule has 0 aliphatic carbocycles. The Bertz CT molecular complexity index is 644. The first-order chi connectivity index (χ1) is 9.47. The molecular weight excluding hydrogens is 280 g/mol. The van der Waals surface area contributed by atoms with Crippen LogP contribution >= 0.6 is 11.6 Å². The van der Waals surface area contributed by atoms with Crippen molar-refractivity contribution in [2.45, 2.75) is 19.8 Å². The van der Waals surface area contributed by atoms with Gasteiger partial charge in [-0.15, -0.1) is 0 Å². The van der Waals surface area contributed by atoms with Crippen LogP contribution in [-0.2, 0) is 0 Å². The van der Waals surface area contributed by atoms with Gasteiger partial charge in [-0.2, -0.15) is 4.98 Å². The standard InChI is InChI=1S/C14H13ClN2O3/c1-9(2)10-4-3-5-11(8-10)20-14-12(17(18)19)6-7-13(15)16-14/h3-9H,1-2H3. The van der Waals surface area contributed by atoms with Crippen LogP contribution in [-0.4, -0.2) is 9.91 Å². The van der Waals surface area contributed by atoms with E-state index in [1.54, 1.807) is 6.07 Å². The van der Waals surface area contributed by atoms with Crippen LogP contribution in [0.2, 0.25) is 5.15 Å². The fourth-order valence-electron chi connectivity index (χ4n) is 1.67. The summed E-state index contributed by atoms with van der Waals surface area (Å²) in [6.07, 6.45) is 0. The molecule has 1 heterocycles. The Morgan fingerprint density at radius 1 is 1.30 bits per heavy atom. The molecule has 0 amide bonds. The number of ether oxygens (including phenoxy) is 1. The molecule has 0 saturated carbocycles. The van der Waals surface area contributed by atoms with Gasteiger partial charge in [0, 0.05) is 6.07 Å². The summed E-state index contributed by atoms with van der Waals surface area (Å²) in [4.78, 5) is 14.3. The summed E-state index contributed by atoms with van der Waals surface area (Å²) in [6.45, 7) is 4.11. The van der Waals surface area contributed by atoms with Gasteiger partial charge in [-0.1, -0.05) is 37.6 Å². The summed E-state index contributed by atoms with van der Waals surface area (Å²) in [7, 11) is 0. The Morgan fingerprint density at radius 2 is 2.05 bits per heavy atom. The molecule has 1 aromatic carbocycles. The largest absolute Gasteiger partial charge is 0.434 e. The van der Waals surface area contributed by atoms with Gasteiger partial charge < -0.3 is 4.74 Å². The van der Waals surface area contributed by atoms with Crippen molar-refractivity contribution in [2.24, 2.45) is 0 Å². The monoisotopic (exact) mass is 292 g/mol.